The van der Waals surface area contributed by atoms with Crippen molar-refractivity contribution in [3.63, 3.8) is 0 Å². The molecule has 27 heavy (non-hydrogen) atoms. The first-order valence-corrected chi connectivity index (χ1v) is 10.2. The smallest absolute Gasteiger partial charge is 0.177 e. The first kappa shape index (κ1) is 20.8. The highest BCUT2D eigenvalue weighted by Gasteiger charge is 2.33. The van der Waals surface area contributed by atoms with Crippen molar-refractivity contribution >= 4 is 38.5 Å². The van der Waals surface area contributed by atoms with E-state index in [0.29, 0.717) is 11.1 Å². The summed E-state index contributed by atoms with van der Waals surface area (Å²) in [5.41, 5.74) is 2.30. The molecule has 0 saturated heterocycles. The molecular formula is C20H22O6S. The zero-order chi connectivity index (χ0) is 20.7. The van der Waals surface area contributed by atoms with Crippen molar-refractivity contribution in [3.05, 3.63) is 40.0 Å². The van der Waals surface area contributed by atoms with Crippen molar-refractivity contribution in [1.29, 1.82) is 0 Å². The zero-order valence-electron chi connectivity index (χ0n) is 16.0. The lowest BCUT2D eigenvalue weighted by Gasteiger charge is -2.19. The summed E-state index contributed by atoms with van der Waals surface area (Å²) in [7, 11) is -3.54. The molecule has 0 atom stereocenters. The van der Waals surface area contributed by atoms with Crippen molar-refractivity contribution in [2.24, 2.45) is 0 Å². The van der Waals surface area contributed by atoms with Crippen LogP contribution in [0, 0.1) is 6.92 Å². The standard InChI is InChI=1S/C20H22O6S/c1-10(2)11(3)18-12(4)14(6-7-17(18)27(5,25)26)20(24)19-15(22)8-13(21)9-16(19)23/h6-7,24H,8-9H2,1-5H3. The Bertz CT molecular complexity index is 1010. The van der Waals surface area contributed by atoms with Gasteiger partial charge in [0.25, 0.3) is 0 Å². The average Bonchev–Trinajstić information content (AvgIpc) is 2.51. The summed E-state index contributed by atoms with van der Waals surface area (Å²) in [6, 6.07) is 2.74. The van der Waals surface area contributed by atoms with Crippen LogP contribution in [0.4, 0.5) is 0 Å². The van der Waals surface area contributed by atoms with Crippen molar-refractivity contribution in [3.8, 4) is 0 Å². The number of sulfone groups is 1. The number of hydrogen-bond acceptors (Lipinski definition) is 6. The fourth-order valence-electron chi connectivity index (χ4n) is 3.12. The minimum absolute atomic E-state index is 0.108. The number of carbonyl (C=O) groups excluding carboxylic acids is 3. The second kappa shape index (κ2) is 7.23. The number of ketones is 3. The third-order valence-electron chi connectivity index (χ3n) is 4.72. The first-order valence-electron chi connectivity index (χ1n) is 8.36. The molecule has 1 aliphatic carbocycles. The van der Waals surface area contributed by atoms with Crippen LogP contribution in [0.15, 0.2) is 28.2 Å². The second-order valence-corrected chi connectivity index (χ2v) is 8.95. The van der Waals surface area contributed by atoms with Gasteiger partial charge in [0.1, 0.15) is 17.1 Å². The van der Waals surface area contributed by atoms with Crippen molar-refractivity contribution in [2.45, 2.75) is 45.4 Å². The minimum Gasteiger partial charge on any atom is -0.506 e. The van der Waals surface area contributed by atoms with E-state index in [1.807, 2.05) is 13.8 Å². The van der Waals surface area contributed by atoms with E-state index >= 15 is 0 Å². The quantitative estimate of drug-likeness (QED) is 0.368. The summed E-state index contributed by atoms with van der Waals surface area (Å²) in [5, 5.41) is 10.7. The number of aliphatic hydroxyl groups is 1. The van der Waals surface area contributed by atoms with E-state index in [-0.39, 0.29) is 10.5 Å². The number of benzene rings is 1. The molecule has 6 nitrogen and oxygen atoms in total. The highest BCUT2D eigenvalue weighted by Crippen LogP contribution is 2.34. The summed E-state index contributed by atoms with van der Waals surface area (Å²) < 4.78 is 24.4. The Kier molecular flexibility index (Phi) is 5.56. The number of Topliss-reactive ketones (excluding diaryl/α,β-unsaturated/α-hetero) is 3. The lowest BCUT2D eigenvalue weighted by atomic mass is 9.87. The SMILES string of the molecule is CC(C)=C(C)c1c(S(C)(=O)=O)ccc(C(O)=C2C(=O)CC(=O)CC2=O)c1C. The Labute approximate surface area is 158 Å². The van der Waals surface area contributed by atoms with Gasteiger partial charge in [-0.15, -0.1) is 0 Å². The maximum atomic E-state index is 12.2. The van der Waals surface area contributed by atoms with Crippen LogP contribution < -0.4 is 0 Å². The molecule has 1 aromatic carbocycles. The summed E-state index contributed by atoms with van der Waals surface area (Å²) in [6.45, 7) is 7.08. The van der Waals surface area contributed by atoms with E-state index in [1.54, 1.807) is 13.8 Å². The number of rotatable bonds is 3. The largest absolute Gasteiger partial charge is 0.506 e. The van der Waals surface area contributed by atoms with Crippen molar-refractivity contribution in [1.82, 2.24) is 0 Å². The van der Waals surface area contributed by atoms with Gasteiger partial charge >= 0.3 is 0 Å². The van der Waals surface area contributed by atoms with E-state index in [9.17, 15) is 27.9 Å². The van der Waals surface area contributed by atoms with Gasteiger partial charge in [-0.25, -0.2) is 8.42 Å². The number of hydrogen-bond donors (Lipinski definition) is 1. The number of allylic oxidation sites excluding steroid dienone is 3. The van der Waals surface area contributed by atoms with Crippen LogP contribution in [-0.4, -0.2) is 37.1 Å². The van der Waals surface area contributed by atoms with Gasteiger partial charge in [-0.1, -0.05) is 5.57 Å². The molecule has 0 unspecified atom stereocenters. The molecule has 0 spiro atoms. The van der Waals surface area contributed by atoms with Gasteiger partial charge in [0, 0.05) is 11.8 Å². The fraction of sp³-hybridized carbons (Fsp3) is 0.350. The molecule has 0 aliphatic heterocycles. The van der Waals surface area contributed by atoms with Gasteiger partial charge in [0.15, 0.2) is 21.4 Å². The molecule has 1 saturated carbocycles. The molecule has 1 fully saturated rings. The lowest BCUT2D eigenvalue weighted by molar-refractivity contribution is -0.132. The van der Waals surface area contributed by atoms with Gasteiger partial charge in [0.2, 0.25) is 0 Å². The maximum Gasteiger partial charge on any atom is 0.177 e. The molecule has 1 aliphatic rings. The Morgan fingerprint density at radius 2 is 1.52 bits per heavy atom. The van der Waals surface area contributed by atoms with Crippen LogP contribution in [0.3, 0.4) is 0 Å². The third kappa shape index (κ3) is 3.93. The van der Waals surface area contributed by atoms with Crippen LogP contribution >= 0.6 is 0 Å². The first-order chi connectivity index (χ1) is 12.4. The molecule has 144 valence electrons. The molecule has 1 N–H and O–H groups in total. The molecule has 0 radical (unpaired) electrons. The van der Waals surface area contributed by atoms with Crippen LogP contribution in [0.2, 0.25) is 0 Å². The van der Waals surface area contributed by atoms with Crippen molar-refractivity contribution in [2.75, 3.05) is 6.26 Å². The third-order valence-corrected chi connectivity index (χ3v) is 5.86. The van der Waals surface area contributed by atoms with Crippen molar-refractivity contribution < 1.29 is 27.9 Å². The van der Waals surface area contributed by atoms with E-state index in [2.05, 4.69) is 0 Å². The molecule has 0 amide bonds. The molecule has 0 aromatic heterocycles. The molecule has 7 heteroatoms. The summed E-state index contributed by atoms with van der Waals surface area (Å²) in [5.74, 6) is -2.44. The maximum absolute atomic E-state index is 12.2. The fourth-order valence-corrected chi connectivity index (χ4v) is 4.11. The molecule has 0 heterocycles. The average molecular weight is 390 g/mol. The molecule has 2 rings (SSSR count). The van der Waals surface area contributed by atoms with Crippen LogP contribution in [0.5, 0.6) is 0 Å². The van der Waals surface area contributed by atoms with E-state index < -0.39 is 51.4 Å². The van der Waals surface area contributed by atoms with Gasteiger partial charge in [-0.3, -0.25) is 14.4 Å². The van der Waals surface area contributed by atoms with Crippen LogP contribution in [0.25, 0.3) is 11.3 Å². The Hall–Kier alpha value is -2.54. The molecule has 0 bridgehead atoms. The topological polar surface area (TPSA) is 106 Å². The minimum atomic E-state index is -3.54. The molecule has 1 aromatic rings. The van der Waals surface area contributed by atoms with Gasteiger partial charge in [-0.05, 0) is 56.5 Å². The highest BCUT2D eigenvalue weighted by atomic mass is 32.2. The Morgan fingerprint density at radius 3 is 1.96 bits per heavy atom. The normalized spacial score (nSPS) is 15.1. The van der Waals surface area contributed by atoms with Crippen LogP contribution in [0.1, 0.15) is 50.3 Å². The molecular weight excluding hydrogens is 368 g/mol. The number of carbonyl (C=O) groups is 3. The van der Waals surface area contributed by atoms with E-state index in [0.717, 1.165) is 17.4 Å². The summed E-state index contributed by atoms with van der Waals surface area (Å²) in [6.07, 6.45) is 0.248. The lowest BCUT2D eigenvalue weighted by Crippen LogP contribution is -2.27. The highest BCUT2D eigenvalue weighted by molar-refractivity contribution is 7.90. The van der Waals surface area contributed by atoms with E-state index in [1.165, 1.54) is 12.1 Å². The summed E-state index contributed by atoms with van der Waals surface area (Å²) in [4.78, 5) is 35.8. The van der Waals surface area contributed by atoms with E-state index in [4.69, 9.17) is 0 Å². The van der Waals surface area contributed by atoms with Gasteiger partial charge in [0.05, 0.1) is 17.7 Å². The predicted octanol–water partition coefficient (Wildman–Crippen LogP) is 2.98. The number of aliphatic hydroxyl groups excluding tert-OH is 1. The predicted molar refractivity (Wildman–Crippen MR) is 102 cm³/mol. The second-order valence-electron chi connectivity index (χ2n) is 6.97. The van der Waals surface area contributed by atoms with Gasteiger partial charge < -0.3 is 5.11 Å². The van der Waals surface area contributed by atoms with Crippen LogP contribution in [-0.2, 0) is 24.2 Å². The summed E-state index contributed by atoms with van der Waals surface area (Å²) >= 11 is 0. The Balaban J connectivity index is 2.84. The van der Waals surface area contributed by atoms with Gasteiger partial charge in [-0.2, -0.15) is 0 Å². The zero-order valence-corrected chi connectivity index (χ0v) is 16.8. The Morgan fingerprint density at radius 1 is 1.00 bits per heavy atom. The monoisotopic (exact) mass is 390 g/mol.